The Morgan fingerprint density at radius 2 is 1.93 bits per heavy atom. The molecule has 0 spiro atoms. The van der Waals surface area contributed by atoms with Crippen LogP contribution >= 0.6 is 0 Å². The number of fused-ring (bicyclic) bond motifs is 1. The minimum atomic E-state index is -0.899. The van der Waals surface area contributed by atoms with Crippen LogP contribution in [0.15, 0.2) is 54.6 Å². The molecule has 0 bridgehead atoms. The molecule has 3 rings (SSSR count). The van der Waals surface area contributed by atoms with Gasteiger partial charge in [0.2, 0.25) is 0 Å². The topological polar surface area (TPSA) is 55.4 Å². The van der Waals surface area contributed by atoms with E-state index in [-0.39, 0.29) is 17.8 Å². The van der Waals surface area contributed by atoms with Crippen molar-refractivity contribution in [2.45, 2.75) is 38.3 Å². The highest BCUT2D eigenvalue weighted by atomic mass is 19.1. The SMILES string of the molecule is C[C@@H](OC(=O)/C=C/c1ccc(F)cc1)C(=O)N[C@H]1CCCc2ccccc21. The largest absolute Gasteiger partial charge is 0.449 e. The molecule has 0 fully saturated rings. The van der Waals surface area contributed by atoms with Gasteiger partial charge in [0.05, 0.1) is 6.04 Å². The third-order valence-corrected chi connectivity index (χ3v) is 4.63. The molecule has 1 aliphatic carbocycles. The summed E-state index contributed by atoms with van der Waals surface area (Å²) in [7, 11) is 0. The van der Waals surface area contributed by atoms with E-state index in [0.29, 0.717) is 5.56 Å². The Labute approximate surface area is 158 Å². The standard InChI is InChI=1S/C22H22FNO3/c1-15(27-21(25)14-11-16-9-12-18(23)13-10-16)22(26)24-20-8-4-6-17-5-2-3-7-19(17)20/h2-3,5,7,9-15,20H,4,6,8H2,1H3,(H,24,26)/b14-11+/t15-,20+/m1/s1. The van der Waals surface area contributed by atoms with Crippen LogP contribution in [0, 0.1) is 5.82 Å². The number of nitrogens with one attached hydrogen (secondary N) is 1. The van der Waals surface area contributed by atoms with Crippen molar-refractivity contribution >= 4 is 18.0 Å². The number of carbonyl (C=O) groups is 2. The van der Waals surface area contributed by atoms with Crippen LogP contribution in [0.2, 0.25) is 0 Å². The highest BCUT2D eigenvalue weighted by Crippen LogP contribution is 2.29. The van der Waals surface area contributed by atoms with Crippen LogP contribution in [0.1, 0.15) is 42.5 Å². The van der Waals surface area contributed by atoms with E-state index in [4.69, 9.17) is 4.74 Å². The van der Waals surface area contributed by atoms with E-state index >= 15 is 0 Å². The molecule has 2 aromatic rings. The highest BCUT2D eigenvalue weighted by molar-refractivity contribution is 5.90. The summed E-state index contributed by atoms with van der Waals surface area (Å²) in [4.78, 5) is 24.3. The first-order chi connectivity index (χ1) is 13.0. The Bertz CT molecular complexity index is 845. The zero-order chi connectivity index (χ0) is 19.2. The van der Waals surface area contributed by atoms with Gasteiger partial charge in [0, 0.05) is 6.08 Å². The fourth-order valence-electron chi connectivity index (χ4n) is 3.20. The molecule has 1 amide bonds. The first kappa shape index (κ1) is 18.8. The van der Waals surface area contributed by atoms with E-state index in [1.54, 1.807) is 19.1 Å². The molecule has 2 atom stereocenters. The molecule has 2 aromatic carbocycles. The quantitative estimate of drug-likeness (QED) is 0.643. The molecule has 0 aliphatic heterocycles. The summed E-state index contributed by atoms with van der Waals surface area (Å²) >= 11 is 0. The van der Waals surface area contributed by atoms with Crippen molar-refractivity contribution in [2.24, 2.45) is 0 Å². The predicted octanol–water partition coefficient (Wildman–Crippen LogP) is 3.96. The van der Waals surface area contributed by atoms with Crippen LogP contribution in [0.5, 0.6) is 0 Å². The summed E-state index contributed by atoms with van der Waals surface area (Å²) in [6.07, 6.45) is 4.74. The maximum absolute atomic E-state index is 12.9. The minimum absolute atomic E-state index is 0.0571. The number of halogens is 1. The van der Waals surface area contributed by atoms with Gasteiger partial charge in [-0.15, -0.1) is 0 Å². The number of hydrogen-bond acceptors (Lipinski definition) is 3. The Kier molecular flexibility index (Phi) is 6.01. The summed E-state index contributed by atoms with van der Waals surface area (Å²) in [6.45, 7) is 1.55. The molecular weight excluding hydrogens is 345 g/mol. The first-order valence-corrected chi connectivity index (χ1v) is 9.05. The third-order valence-electron chi connectivity index (χ3n) is 4.63. The van der Waals surface area contributed by atoms with Crippen LogP contribution in [-0.4, -0.2) is 18.0 Å². The fourth-order valence-corrected chi connectivity index (χ4v) is 3.20. The van der Waals surface area contributed by atoms with Crippen molar-refractivity contribution in [3.05, 3.63) is 77.1 Å². The molecule has 0 radical (unpaired) electrons. The lowest BCUT2D eigenvalue weighted by Gasteiger charge is -2.27. The number of ether oxygens (including phenoxy) is 1. The van der Waals surface area contributed by atoms with Crippen molar-refractivity contribution in [3.63, 3.8) is 0 Å². The predicted molar refractivity (Wildman–Crippen MR) is 101 cm³/mol. The summed E-state index contributed by atoms with van der Waals surface area (Å²) in [5, 5.41) is 2.98. The van der Waals surface area contributed by atoms with Crippen molar-refractivity contribution in [1.29, 1.82) is 0 Å². The van der Waals surface area contributed by atoms with Crippen molar-refractivity contribution < 1.29 is 18.7 Å². The fraction of sp³-hybridized carbons (Fsp3) is 0.273. The van der Waals surface area contributed by atoms with Crippen LogP contribution in [0.25, 0.3) is 6.08 Å². The van der Waals surface area contributed by atoms with E-state index in [9.17, 15) is 14.0 Å². The highest BCUT2D eigenvalue weighted by Gasteiger charge is 2.24. The zero-order valence-corrected chi connectivity index (χ0v) is 15.2. The second-order valence-electron chi connectivity index (χ2n) is 6.62. The Balaban J connectivity index is 1.55. The smallest absolute Gasteiger partial charge is 0.331 e. The molecule has 0 saturated carbocycles. The van der Waals surface area contributed by atoms with Gasteiger partial charge in [0.1, 0.15) is 5.82 Å². The van der Waals surface area contributed by atoms with Gasteiger partial charge < -0.3 is 10.1 Å². The van der Waals surface area contributed by atoms with Gasteiger partial charge in [-0.25, -0.2) is 9.18 Å². The van der Waals surface area contributed by atoms with Gasteiger partial charge in [0.15, 0.2) is 6.10 Å². The van der Waals surface area contributed by atoms with Gasteiger partial charge in [-0.1, -0.05) is 36.4 Å². The summed E-state index contributed by atoms with van der Waals surface area (Å²) in [6, 6.07) is 13.7. The number of carbonyl (C=O) groups excluding carboxylic acids is 2. The second-order valence-corrected chi connectivity index (χ2v) is 6.62. The van der Waals surface area contributed by atoms with Gasteiger partial charge >= 0.3 is 5.97 Å². The minimum Gasteiger partial charge on any atom is -0.449 e. The number of aryl methyl sites for hydroxylation is 1. The second kappa shape index (κ2) is 8.62. The van der Waals surface area contributed by atoms with Gasteiger partial charge in [0.25, 0.3) is 5.91 Å². The monoisotopic (exact) mass is 367 g/mol. The molecule has 0 saturated heterocycles. The average molecular weight is 367 g/mol. The molecule has 1 aliphatic rings. The maximum Gasteiger partial charge on any atom is 0.331 e. The lowest BCUT2D eigenvalue weighted by Crippen LogP contribution is -2.39. The van der Waals surface area contributed by atoms with Crippen LogP contribution < -0.4 is 5.32 Å². The van der Waals surface area contributed by atoms with Crippen LogP contribution in [0.3, 0.4) is 0 Å². The third kappa shape index (κ3) is 5.03. The average Bonchev–Trinajstić information content (AvgIpc) is 2.68. The molecule has 0 aromatic heterocycles. The lowest BCUT2D eigenvalue weighted by molar-refractivity contribution is -0.150. The molecule has 27 heavy (non-hydrogen) atoms. The van der Waals surface area contributed by atoms with Crippen molar-refractivity contribution in [2.75, 3.05) is 0 Å². The van der Waals surface area contributed by atoms with Crippen molar-refractivity contribution in [1.82, 2.24) is 5.32 Å². The lowest BCUT2D eigenvalue weighted by atomic mass is 9.87. The van der Waals surface area contributed by atoms with Crippen LogP contribution in [0.4, 0.5) is 4.39 Å². The molecule has 0 unspecified atom stereocenters. The molecule has 5 heteroatoms. The summed E-state index contributed by atoms with van der Waals surface area (Å²) in [5.74, 6) is -1.28. The Hall–Kier alpha value is -2.95. The molecule has 4 nitrogen and oxygen atoms in total. The van der Waals surface area contributed by atoms with Crippen LogP contribution in [-0.2, 0) is 20.7 Å². The van der Waals surface area contributed by atoms with E-state index < -0.39 is 12.1 Å². The van der Waals surface area contributed by atoms with Gasteiger partial charge in [-0.05, 0) is 61.1 Å². The van der Waals surface area contributed by atoms with Crippen molar-refractivity contribution in [3.8, 4) is 0 Å². The number of esters is 1. The zero-order valence-electron chi connectivity index (χ0n) is 15.2. The first-order valence-electron chi connectivity index (χ1n) is 9.05. The molecule has 140 valence electrons. The van der Waals surface area contributed by atoms with E-state index in [1.807, 2.05) is 18.2 Å². The van der Waals surface area contributed by atoms with E-state index in [0.717, 1.165) is 24.8 Å². The van der Waals surface area contributed by atoms with E-state index in [1.165, 1.54) is 29.8 Å². The number of rotatable bonds is 5. The Morgan fingerprint density at radius 3 is 2.70 bits per heavy atom. The summed E-state index contributed by atoms with van der Waals surface area (Å²) < 4.78 is 18.0. The van der Waals surface area contributed by atoms with Gasteiger partial charge in [-0.2, -0.15) is 0 Å². The normalized spacial score (nSPS) is 17.2. The van der Waals surface area contributed by atoms with E-state index in [2.05, 4.69) is 11.4 Å². The Morgan fingerprint density at radius 1 is 1.19 bits per heavy atom. The van der Waals surface area contributed by atoms with Gasteiger partial charge in [-0.3, -0.25) is 4.79 Å². The number of amides is 1. The summed E-state index contributed by atoms with van der Waals surface area (Å²) in [5.41, 5.74) is 3.05. The molecule has 0 heterocycles. The molecular formula is C22H22FNO3. The molecule has 1 N–H and O–H groups in total. The maximum atomic E-state index is 12.9. The number of hydrogen-bond donors (Lipinski definition) is 1. The number of benzene rings is 2.